The number of thioether (sulfide) groups is 1. The van der Waals surface area contributed by atoms with Crippen molar-refractivity contribution in [3.8, 4) is 0 Å². The molecule has 1 unspecified atom stereocenters. The van der Waals surface area contributed by atoms with E-state index in [0.717, 1.165) is 41.2 Å². The molecule has 0 aliphatic rings. The molecule has 0 saturated carbocycles. The lowest BCUT2D eigenvalue weighted by Crippen LogP contribution is -2.18. The third kappa shape index (κ3) is 9.27. The van der Waals surface area contributed by atoms with Gasteiger partial charge in [-0.1, -0.05) is 38.5 Å². The summed E-state index contributed by atoms with van der Waals surface area (Å²) in [7, 11) is -2.82. The van der Waals surface area contributed by atoms with Crippen molar-refractivity contribution in [2.75, 3.05) is 18.9 Å². The van der Waals surface area contributed by atoms with Crippen LogP contribution in [-0.4, -0.2) is 28.8 Å². The molecule has 0 aliphatic heterocycles. The lowest BCUT2D eigenvalue weighted by molar-refractivity contribution is 0.276. The Morgan fingerprint density at radius 3 is 2.70 bits per heavy atom. The van der Waals surface area contributed by atoms with Gasteiger partial charge in [-0.2, -0.15) is 0 Å². The molecule has 5 nitrogen and oxygen atoms in total. The summed E-state index contributed by atoms with van der Waals surface area (Å²) in [5.41, 5.74) is 1.60. The van der Waals surface area contributed by atoms with Crippen LogP contribution in [-0.2, 0) is 21.0 Å². The highest BCUT2D eigenvalue weighted by Gasteiger charge is 2.23. The Morgan fingerprint density at radius 2 is 2.00 bits per heavy atom. The maximum Gasteiger partial charge on any atom is 0.316 e. The van der Waals surface area contributed by atoms with E-state index in [4.69, 9.17) is 4.89 Å². The van der Waals surface area contributed by atoms with Gasteiger partial charge >= 0.3 is 8.25 Å². The molecule has 166 valence electrons. The Hall–Kier alpha value is -1.24. The van der Waals surface area contributed by atoms with Crippen molar-refractivity contribution in [3.05, 3.63) is 59.7 Å². The standard InChI is InChI=1S/C22H32FN2O3PS/c1-22(2,20-8-3-4-9-21(20)23)12-5-6-15-30-19-11-10-18(25-17-19)16-24-13-7-14-28-29(26)27/h3-4,8-11,17,24,29H,5-7,12-16H2,1-2H3,(H,26,27). The fourth-order valence-electron chi connectivity index (χ4n) is 3.18. The summed E-state index contributed by atoms with van der Waals surface area (Å²) in [5, 5.41) is 3.24. The Kier molecular flexibility index (Phi) is 11.0. The molecule has 1 atom stereocenters. The summed E-state index contributed by atoms with van der Waals surface area (Å²) in [6, 6.07) is 11.2. The molecule has 0 radical (unpaired) electrons. The number of aromatic nitrogens is 1. The second-order valence-electron chi connectivity index (χ2n) is 7.80. The molecule has 0 aliphatic carbocycles. The minimum absolute atomic E-state index is 0.117. The molecule has 0 spiro atoms. The minimum Gasteiger partial charge on any atom is -0.326 e. The molecule has 2 N–H and O–H groups in total. The van der Waals surface area contributed by atoms with Crippen LogP contribution in [0.2, 0.25) is 0 Å². The molecule has 1 aromatic heterocycles. The van der Waals surface area contributed by atoms with E-state index in [9.17, 15) is 8.96 Å². The number of hydrogen-bond acceptors (Lipinski definition) is 5. The number of nitrogens with zero attached hydrogens (tertiary/aromatic N) is 1. The second-order valence-corrected chi connectivity index (χ2v) is 9.79. The average molecular weight is 455 g/mol. The maximum atomic E-state index is 14.0. The van der Waals surface area contributed by atoms with Crippen LogP contribution in [0.3, 0.4) is 0 Å². The van der Waals surface area contributed by atoms with Gasteiger partial charge < -0.3 is 14.7 Å². The van der Waals surface area contributed by atoms with E-state index >= 15 is 0 Å². The first-order valence-electron chi connectivity index (χ1n) is 10.3. The van der Waals surface area contributed by atoms with E-state index in [2.05, 4.69) is 34.7 Å². The third-order valence-electron chi connectivity index (χ3n) is 4.89. The van der Waals surface area contributed by atoms with Gasteiger partial charge in [-0.25, -0.2) is 4.39 Å². The summed E-state index contributed by atoms with van der Waals surface area (Å²) in [6.45, 7) is 5.86. The average Bonchev–Trinajstić information content (AvgIpc) is 2.71. The molecule has 0 fully saturated rings. The number of nitrogens with one attached hydrogen (secondary N) is 1. The van der Waals surface area contributed by atoms with Crippen molar-refractivity contribution in [1.82, 2.24) is 10.3 Å². The third-order valence-corrected chi connectivity index (χ3v) is 6.41. The molecule has 1 aromatic carbocycles. The fraction of sp³-hybridized carbons (Fsp3) is 0.500. The largest absolute Gasteiger partial charge is 0.326 e. The minimum atomic E-state index is -2.82. The van der Waals surface area contributed by atoms with Crippen molar-refractivity contribution in [1.29, 1.82) is 0 Å². The number of unbranched alkanes of at least 4 members (excludes halogenated alkanes) is 1. The lowest BCUT2D eigenvalue weighted by Gasteiger charge is -2.25. The van der Waals surface area contributed by atoms with E-state index in [1.165, 1.54) is 6.07 Å². The SMILES string of the molecule is CC(C)(CCCCSc1ccc(CNCCCO[PH](=O)O)nc1)c1ccccc1F. The Bertz CT molecular complexity index is 790. The zero-order valence-corrected chi connectivity index (χ0v) is 19.5. The van der Waals surface area contributed by atoms with E-state index in [1.807, 2.05) is 24.4 Å². The zero-order chi connectivity index (χ0) is 21.8. The van der Waals surface area contributed by atoms with Crippen LogP contribution < -0.4 is 5.32 Å². The topological polar surface area (TPSA) is 71.5 Å². The fourth-order valence-corrected chi connectivity index (χ4v) is 4.37. The Balaban J connectivity index is 1.61. The van der Waals surface area contributed by atoms with Crippen LogP contribution in [0.4, 0.5) is 4.39 Å². The van der Waals surface area contributed by atoms with Crippen LogP contribution in [0.15, 0.2) is 47.5 Å². The van der Waals surface area contributed by atoms with Crippen LogP contribution in [0.5, 0.6) is 0 Å². The smallest absolute Gasteiger partial charge is 0.316 e. The van der Waals surface area contributed by atoms with Crippen LogP contribution in [0, 0.1) is 5.82 Å². The van der Waals surface area contributed by atoms with Crippen LogP contribution >= 0.6 is 20.0 Å². The van der Waals surface area contributed by atoms with Gasteiger partial charge in [0.2, 0.25) is 0 Å². The van der Waals surface area contributed by atoms with Crippen molar-refractivity contribution in [2.45, 2.75) is 56.4 Å². The van der Waals surface area contributed by atoms with Crippen molar-refractivity contribution >= 4 is 20.0 Å². The molecule has 30 heavy (non-hydrogen) atoms. The molecule has 8 heteroatoms. The van der Waals surface area contributed by atoms with E-state index in [-0.39, 0.29) is 17.8 Å². The summed E-state index contributed by atoms with van der Waals surface area (Å²) < 4.78 is 29.1. The van der Waals surface area contributed by atoms with Gasteiger partial charge in [0.1, 0.15) is 5.82 Å². The Morgan fingerprint density at radius 1 is 1.20 bits per heavy atom. The number of hydrogen-bond donors (Lipinski definition) is 2. The summed E-state index contributed by atoms with van der Waals surface area (Å²) in [4.78, 5) is 14.2. The van der Waals surface area contributed by atoms with E-state index in [0.29, 0.717) is 19.5 Å². The molecule has 2 aromatic rings. The monoisotopic (exact) mass is 454 g/mol. The van der Waals surface area contributed by atoms with E-state index in [1.54, 1.807) is 17.8 Å². The Labute approximate surface area is 183 Å². The quantitative estimate of drug-likeness (QED) is 0.228. The molecular formula is C22H32FN2O3PS. The van der Waals surface area contributed by atoms with Crippen molar-refractivity contribution in [3.63, 3.8) is 0 Å². The first-order valence-corrected chi connectivity index (χ1v) is 12.5. The molecule has 1 heterocycles. The number of benzene rings is 1. The van der Waals surface area contributed by atoms with E-state index < -0.39 is 8.25 Å². The highest BCUT2D eigenvalue weighted by Crippen LogP contribution is 2.31. The maximum absolute atomic E-state index is 14.0. The van der Waals surface area contributed by atoms with Gasteiger partial charge in [0.15, 0.2) is 0 Å². The zero-order valence-electron chi connectivity index (χ0n) is 17.7. The highest BCUT2D eigenvalue weighted by atomic mass is 32.2. The van der Waals surface area contributed by atoms with Crippen LogP contribution in [0.1, 0.15) is 50.8 Å². The molecular weight excluding hydrogens is 422 g/mol. The number of halogens is 1. The van der Waals surface area contributed by atoms with Gasteiger partial charge in [0.25, 0.3) is 0 Å². The van der Waals surface area contributed by atoms with Crippen molar-refractivity contribution < 1.29 is 18.4 Å². The van der Waals surface area contributed by atoms with Gasteiger partial charge in [-0.3, -0.25) is 9.55 Å². The predicted octanol–water partition coefficient (Wildman–Crippen LogP) is 5.34. The number of pyridine rings is 1. The second kappa shape index (κ2) is 13.2. The summed E-state index contributed by atoms with van der Waals surface area (Å²) in [5.74, 6) is 0.897. The molecule has 0 bridgehead atoms. The highest BCUT2D eigenvalue weighted by molar-refractivity contribution is 7.99. The molecule has 0 saturated heterocycles. The molecule has 2 rings (SSSR count). The summed E-state index contributed by atoms with van der Waals surface area (Å²) >= 11 is 1.79. The molecule has 0 amide bonds. The normalized spacial score (nSPS) is 12.8. The predicted molar refractivity (Wildman–Crippen MR) is 122 cm³/mol. The summed E-state index contributed by atoms with van der Waals surface area (Å²) in [6.07, 6.45) is 5.66. The van der Waals surface area contributed by atoms with Gasteiger partial charge in [-0.05, 0) is 60.7 Å². The van der Waals surface area contributed by atoms with Crippen LogP contribution in [0.25, 0.3) is 0 Å². The first kappa shape index (κ1) is 25.0. The first-order chi connectivity index (χ1) is 14.4. The van der Waals surface area contributed by atoms with Crippen molar-refractivity contribution in [2.24, 2.45) is 0 Å². The number of rotatable bonds is 14. The lowest BCUT2D eigenvalue weighted by atomic mass is 9.80. The van der Waals surface area contributed by atoms with Gasteiger partial charge in [0.05, 0.1) is 12.3 Å². The van der Waals surface area contributed by atoms with Gasteiger partial charge in [-0.15, -0.1) is 11.8 Å². The van der Waals surface area contributed by atoms with Gasteiger partial charge in [0, 0.05) is 17.6 Å².